The van der Waals surface area contributed by atoms with Crippen LogP contribution in [0.4, 0.5) is 4.39 Å². The van der Waals surface area contributed by atoms with Crippen molar-refractivity contribution in [1.82, 2.24) is 24.5 Å². The summed E-state index contributed by atoms with van der Waals surface area (Å²) in [6.07, 6.45) is 5.21. The van der Waals surface area contributed by atoms with Crippen LogP contribution in [0.3, 0.4) is 0 Å². The lowest BCUT2D eigenvalue weighted by molar-refractivity contribution is -0.131. The SMILES string of the molecule is O=C(CN1CCCN(Cc2ccn(-c3cccc(F)c3)n2)CC1)N1CCCC1. The number of halogens is 1. The van der Waals surface area contributed by atoms with E-state index in [-0.39, 0.29) is 11.7 Å². The van der Waals surface area contributed by atoms with Gasteiger partial charge in [0.15, 0.2) is 0 Å². The molecule has 1 aromatic heterocycles. The van der Waals surface area contributed by atoms with Crippen molar-refractivity contribution in [3.05, 3.63) is 48.0 Å². The number of benzene rings is 1. The minimum Gasteiger partial charge on any atom is -0.342 e. The fourth-order valence-electron chi connectivity index (χ4n) is 4.04. The van der Waals surface area contributed by atoms with Crippen LogP contribution < -0.4 is 0 Å². The lowest BCUT2D eigenvalue weighted by Crippen LogP contribution is -2.40. The third-order valence-corrected chi connectivity index (χ3v) is 5.60. The summed E-state index contributed by atoms with van der Waals surface area (Å²) in [5.74, 6) is 0.0189. The second-order valence-corrected chi connectivity index (χ2v) is 7.73. The zero-order chi connectivity index (χ0) is 19.3. The third kappa shape index (κ3) is 4.77. The Hall–Kier alpha value is -2.25. The Morgan fingerprint density at radius 1 is 0.964 bits per heavy atom. The Kier molecular flexibility index (Phi) is 6.02. The van der Waals surface area contributed by atoms with E-state index >= 15 is 0 Å². The number of hydrogen-bond acceptors (Lipinski definition) is 4. The third-order valence-electron chi connectivity index (χ3n) is 5.60. The van der Waals surface area contributed by atoms with E-state index in [1.165, 1.54) is 12.1 Å². The van der Waals surface area contributed by atoms with Crippen LogP contribution >= 0.6 is 0 Å². The Morgan fingerprint density at radius 3 is 2.57 bits per heavy atom. The van der Waals surface area contributed by atoms with Crippen LogP contribution in [0.25, 0.3) is 5.69 Å². The largest absolute Gasteiger partial charge is 0.342 e. The Labute approximate surface area is 165 Å². The summed E-state index contributed by atoms with van der Waals surface area (Å²) in [5.41, 5.74) is 1.71. The molecule has 0 aliphatic carbocycles. The Bertz CT molecular complexity index is 802. The van der Waals surface area contributed by atoms with E-state index in [4.69, 9.17) is 0 Å². The number of carbonyl (C=O) groups is 1. The minimum atomic E-state index is -0.259. The molecule has 0 saturated carbocycles. The van der Waals surface area contributed by atoms with Gasteiger partial charge < -0.3 is 4.90 Å². The first-order chi connectivity index (χ1) is 13.7. The first-order valence-corrected chi connectivity index (χ1v) is 10.2. The van der Waals surface area contributed by atoms with E-state index < -0.39 is 0 Å². The number of likely N-dealkylation sites (tertiary alicyclic amines) is 1. The highest BCUT2D eigenvalue weighted by molar-refractivity contribution is 5.78. The van der Waals surface area contributed by atoms with E-state index in [2.05, 4.69) is 14.9 Å². The van der Waals surface area contributed by atoms with E-state index in [1.807, 2.05) is 23.2 Å². The molecule has 6 nitrogen and oxygen atoms in total. The first kappa shape index (κ1) is 19.1. The quantitative estimate of drug-likeness (QED) is 0.791. The summed E-state index contributed by atoms with van der Waals surface area (Å²) < 4.78 is 15.1. The lowest BCUT2D eigenvalue weighted by atomic mass is 10.3. The molecule has 0 radical (unpaired) electrons. The Morgan fingerprint density at radius 2 is 1.75 bits per heavy atom. The van der Waals surface area contributed by atoms with Gasteiger partial charge in [0.05, 0.1) is 17.9 Å². The van der Waals surface area contributed by atoms with Crippen molar-refractivity contribution in [2.45, 2.75) is 25.8 Å². The Balaban J connectivity index is 1.29. The summed E-state index contributed by atoms with van der Waals surface area (Å²) in [6, 6.07) is 8.45. The standard InChI is InChI=1S/C21H28FN5O/c22-18-5-3-6-20(15-18)27-12-7-19(23-27)16-24-8-4-9-25(14-13-24)17-21(28)26-10-1-2-11-26/h3,5-7,12,15H,1-2,4,8-11,13-14,16-17H2. The summed E-state index contributed by atoms with van der Waals surface area (Å²) in [5, 5.41) is 4.60. The van der Waals surface area contributed by atoms with Crippen LogP contribution in [0.5, 0.6) is 0 Å². The number of nitrogens with zero attached hydrogens (tertiary/aromatic N) is 5. The van der Waals surface area contributed by atoms with Gasteiger partial charge in [-0.2, -0.15) is 5.10 Å². The van der Waals surface area contributed by atoms with Gasteiger partial charge in [0.25, 0.3) is 0 Å². The highest BCUT2D eigenvalue weighted by Gasteiger charge is 2.22. The fourth-order valence-corrected chi connectivity index (χ4v) is 4.04. The van der Waals surface area contributed by atoms with Gasteiger partial charge in [-0.15, -0.1) is 0 Å². The molecule has 2 aliphatic rings. The number of hydrogen-bond donors (Lipinski definition) is 0. The molecule has 1 aromatic carbocycles. The molecule has 0 atom stereocenters. The molecule has 3 heterocycles. The number of rotatable bonds is 5. The molecule has 2 aliphatic heterocycles. The van der Waals surface area contributed by atoms with Gasteiger partial charge in [-0.1, -0.05) is 6.07 Å². The molecule has 1 amide bonds. The first-order valence-electron chi connectivity index (χ1n) is 10.2. The smallest absolute Gasteiger partial charge is 0.236 e. The summed E-state index contributed by atoms with van der Waals surface area (Å²) in [6.45, 7) is 6.97. The molecule has 150 valence electrons. The normalized spacial score (nSPS) is 19.1. The maximum absolute atomic E-state index is 13.4. The topological polar surface area (TPSA) is 44.6 Å². The van der Waals surface area contributed by atoms with E-state index in [1.54, 1.807) is 10.7 Å². The fraction of sp³-hybridized carbons (Fsp3) is 0.524. The van der Waals surface area contributed by atoms with E-state index in [9.17, 15) is 9.18 Å². The summed E-state index contributed by atoms with van der Waals surface area (Å²) in [4.78, 5) is 19.1. The number of carbonyl (C=O) groups excluding carboxylic acids is 1. The van der Waals surface area contributed by atoms with Crippen LogP contribution in [-0.4, -0.2) is 76.2 Å². The molecule has 7 heteroatoms. The highest BCUT2D eigenvalue weighted by atomic mass is 19.1. The second kappa shape index (κ2) is 8.84. The molecule has 2 aromatic rings. The molecule has 28 heavy (non-hydrogen) atoms. The predicted molar refractivity (Wildman–Crippen MR) is 106 cm³/mol. The van der Waals surface area contributed by atoms with E-state index in [0.29, 0.717) is 6.54 Å². The molecule has 0 unspecified atom stereocenters. The van der Waals surface area contributed by atoms with Crippen LogP contribution in [-0.2, 0) is 11.3 Å². The number of aromatic nitrogens is 2. The highest BCUT2D eigenvalue weighted by Crippen LogP contribution is 2.13. The molecule has 2 saturated heterocycles. The summed E-state index contributed by atoms with van der Waals surface area (Å²) in [7, 11) is 0. The molecule has 0 bridgehead atoms. The summed E-state index contributed by atoms with van der Waals surface area (Å²) >= 11 is 0. The molecule has 4 rings (SSSR count). The maximum atomic E-state index is 13.4. The van der Waals surface area contributed by atoms with Crippen molar-refractivity contribution in [1.29, 1.82) is 0 Å². The molecule has 2 fully saturated rings. The van der Waals surface area contributed by atoms with Gasteiger partial charge >= 0.3 is 0 Å². The zero-order valence-corrected chi connectivity index (χ0v) is 16.3. The van der Waals surface area contributed by atoms with Crippen molar-refractivity contribution in [3.63, 3.8) is 0 Å². The van der Waals surface area contributed by atoms with Gasteiger partial charge in [0, 0.05) is 38.9 Å². The zero-order valence-electron chi connectivity index (χ0n) is 16.3. The van der Waals surface area contributed by atoms with E-state index in [0.717, 1.165) is 76.5 Å². The van der Waals surface area contributed by atoms with Crippen molar-refractivity contribution < 1.29 is 9.18 Å². The van der Waals surface area contributed by atoms with Crippen molar-refractivity contribution in [2.75, 3.05) is 45.8 Å². The second-order valence-electron chi connectivity index (χ2n) is 7.73. The van der Waals surface area contributed by atoms with Gasteiger partial charge in [-0.25, -0.2) is 9.07 Å². The molecular weight excluding hydrogens is 357 g/mol. The molecular formula is C21H28FN5O. The maximum Gasteiger partial charge on any atom is 0.236 e. The van der Waals surface area contributed by atoms with Crippen LogP contribution in [0.15, 0.2) is 36.5 Å². The average molecular weight is 385 g/mol. The van der Waals surface area contributed by atoms with Crippen LogP contribution in [0.2, 0.25) is 0 Å². The van der Waals surface area contributed by atoms with Crippen molar-refractivity contribution >= 4 is 5.91 Å². The van der Waals surface area contributed by atoms with Gasteiger partial charge in [0.1, 0.15) is 5.82 Å². The predicted octanol–water partition coefficient (Wildman–Crippen LogP) is 2.14. The molecule has 0 spiro atoms. The molecule has 0 N–H and O–H groups in total. The van der Waals surface area contributed by atoms with Gasteiger partial charge in [-0.3, -0.25) is 14.6 Å². The monoisotopic (exact) mass is 385 g/mol. The minimum absolute atomic E-state index is 0.259. The van der Waals surface area contributed by atoms with Crippen molar-refractivity contribution in [3.8, 4) is 5.69 Å². The van der Waals surface area contributed by atoms with Crippen LogP contribution in [0.1, 0.15) is 25.0 Å². The van der Waals surface area contributed by atoms with Gasteiger partial charge in [-0.05, 0) is 56.6 Å². The average Bonchev–Trinajstić information content (AvgIpc) is 3.33. The lowest BCUT2D eigenvalue weighted by Gasteiger charge is -2.23. The number of amides is 1. The van der Waals surface area contributed by atoms with Gasteiger partial charge in [0.2, 0.25) is 5.91 Å². The van der Waals surface area contributed by atoms with Crippen molar-refractivity contribution in [2.24, 2.45) is 0 Å². The van der Waals surface area contributed by atoms with Crippen LogP contribution in [0, 0.1) is 5.82 Å².